The maximum Gasteiger partial charge on any atom is 0.0555 e. The van der Waals surface area contributed by atoms with E-state index in [1.807, 2.05) is 0 Å². The van der Waals surface area contributed by atoms with Crippen LogP contribution in [-0.2, 0) is 0 Å². The van der Waals surface area contributed by atoms with Gasteiger partial charge >= 0.3 is 0 Å². The van der Waals surface area contributed by atoms with Gasteiger partial charge in [0.2, 0.25) is 0 Å². The van der Waals surface area contributed by atoms with Crippen molar-refractivity contribution >= 4 is 0 Å². The molecule has 2 rings (SSSR count). The predicted molar refractivity (Wildman–Crippen MR) is 66.5 cm³/mol. The largest absolute Gasteiger partial charge is 0.393 e. The molecule has 2 fully saturated rings. The first-order chi connectivity index (χ1) is 7.66. The number of aliphatic hydroxyl groups excluding tert-OH is 1. The van der Waals surface area contributed by atoms with E-state index in [2.05, 4.69) is 23.9 Å². The lowest BCUT2D eigenvalue weighted by atomic mass is 9.90. The normalized spacial score (nSPS) is 37.9. The van der Waals surface area contributed by atoms with Crippen LogP contribution in [0.2, 0.25) is 0 Å². The smallest absolute Gasteiger partial charge is 0.0555 e. The lowest BCUT2D eigenvalue weighted by Crippen LogP contribution is -2.50. The maximum atomic E-state index is 9.74. The van der Waals surface area contributed by atoms with Crippen LogP contribution in [0.15, 0.2) is 0 Å². The molecule has 0 spiro atoms. The number of rotatable bonds is 2. The first kappa shape index (κ1) is 12.3. The van der Waals surface area contributed by atoms with Crippen LogP contribution in [0.1, 0.15) is 38.5 Å². The molecule has 3 atom stereocenters. The lowest BCUT2D eigenvalue weighted by Gasteiger charge is -2.42. The molecule has 0 bridgehead atoms. The lowest BCUT2D eigenvalue weighted by molar-refractivity contribution is 0.0352. The summed E-state index contributed by atoms with van der Waals surface area (Å²) in [5.74, 6) is 0. The molecule has 1 aliphatic carbocycles. The minimum absolute atomic E-state index is 0.0532. The molecule has 3 heteroatoms. The molecule has 16 heavy (non-hydrogen) atoms. The SMILES string of the molecule is CN1CCCC(N(C)C2CCCC(O)C2)C1. The number of hydrogen-bond donors (Lipinski definition) is 1. The molecular weight excluding hydrogens is 200 g/mol. The quantitative estimate of drug-likeness (QED) is 0.769. The van der Waals surface area contributed by atoms with E-state index < -0.39 is 0 Å². The molecule has 1 aliphatic heterocycles. The zero-order chi connectivity index (χ0) is 11.5. The Bertz CT molecular complexity index is 200. The Morgan fingerprint density at radius 3 is 2.56 bits per heavy atom. The Labute approximate surface area is 99.4 Å². The van der Waals surface area contributed by atoms with Gasteiger partial charge in [-0.05, 0) is 59.2 Å². The highest BCUT2D eigenvalue weighted by Gasteiger charge is 2.29. The summed E-state index contributed by atoms with van der Waals surface area (Å²) >= 11 is 0. The Balaban J connectivity index is 1.87. The van der Waals surface area contributed by atoms with Crippen LogP contribution in [0.5, 0.6) is 0 Å². The van der Waals surface area contributed by atoms with Crippen LogP contribution >= 0.6 is 0 Å². The predicted octanol–water partition coefficient (Wildman–Crippen LogP) is 1.32. The van der Waals surface area contributed by atoms with Crippen LogP contribution < -0.4 is 0 Å². The highest BCUT2D eigenvalue weighted by molar-refractivity contribution is 4.85. The Morgan fingerprint density at radius 1 is 1.12 bits per heavy atom. The van der Waals surface area contributed by atoms with Gasteiger partial charge in [0.15, 0.2) is 0 Å². The minimum atomic E-state index is -0.0532. The Morgan fingerprint density at radius 2 is 1.88 bits per heavy atom. The molecule has 0 amide bonds. The third-order valence-corrected chi connectivity index (χ3v) is 4.37. The number of aliphatic hydroxyl groups is 1. The van der Waals surface area contributed by atoms with Gasteiger partial charge in [0.05, 0.1) is 6.10 Å². The highest BCUT2D eigenvalue weighted by Crippen LogP contribution is 2.25. The number of nitrogens with zero attached hydrogens (tertiary/aromatic N) is 2. The first-order valence-corrected chi connectivity index (χ1v) is 6.75. The molecule has 1 saturated heterocycles. The van der Waals surface area contributed by atoms with Crippen molar-refractivity contribution in [3.63, 3.8) is 0 Å². The van der Waals surface area contributed by atoms with Gasteiger partial charge in [-0.1, -0.05) is 0 Å². The average Bonchev–Trinajstić information content (AvgIpc) is 2.28. The molecular formula is C13H26N2O. The monoisotopic (exact) mass is 226 g/mol. The molecule has 1 N–H and O–H groups in total. The van der Waals surface area contributed by atoms with E-state index in [0.717, 1.165) is 12.8 Å². The highest BCUT2D eigenvalue weighted by atomic mass is 16.3. The van der Waals surface area contributed by atoms with Crippen LogP contribution in [0, 0.1) is 0 Å². The summed E-state index contributed by atoms with van der Waals surface area (Å²) in [5.41, 5.74) is 0. The van der Waals surface area contributed by atoms with Crippen molar-refractivity contribution in [3.8, 4) is 0 Å². The summed E-state index contributed by atoms with van der Waals surface area (Å²) in [7, 11) is 4.47. The van der Waals surface area contributed by atoms with Crippen molar-refractivity contribution in [3.05, 3.63) is 0 Å². The van der Waals surface area contributed by atoms with E-state index in [4.69, 9.17) is 0 Å². The zero-order valence-corrected chi connectivity index (χ0v) is 10.7. The fourth-order valence-corrected chi connectivity index (χ4v) is 3.28. The topological polar surface area (TPSA) is 26.7 Å². The van der Waals surface area contributed by atoms with E-state index in [1.54, 1.807) is 0 Å². The standard InChI is InChI=1S/C13H26N2O/c1-14-8-4-6-12(10-14)15(2)11-5-3-7-13(16)9-11/h11-13,16H,3-10H2,1-2H3. The third-order valence-electron chi connectivity index (χ3n) is 4.37. The minimum Gasteiger partial charge on any atom is -0.393 e. The average molecular weight is 226 g/mol. The van der Waals surface area contributed by atoms with Crippen LogP contribution in [0.4, 0.5) is 0 Å². The summed E-state index contributed by atoms with van der Waals surface area (Å²) in [5, 5.41) is 9.74. The van der Waals surface area contributed by atoms with E-state index in [-0.39, 0.29) is 6.10 Å². The maximum absolute atomic E-state index is 9.74. The van der Waals surface area contributed by atoms with E-state index in [9.17, 15) is 5.11 Å². The van der Waals surface area contributed by atoms with Gasteiger partial charge in [0, 0.05) is 18.6 Å². The second-order valence-electron chi connectivity index (χ2n) is 5.70. The van der Waals surface area contributed by atoms with Crippen molar-refractivity contribution in [2.24, 2.45) is 0 Å². The molecule has 0 aromatic heterocycles. The molecule has 0 aromatic carbocycles. The molecule has 0 aromatic rings. The van der Waals surface area contributed by atoms with Gasteiger partial charge in [0.1, 0.15) is 0 Å². The number of hydrogen-bond acceptors (Lipinski definition) is 3. The summed E-state index contributed by atoms with van der Waals surface area (Å²) < 4.78 is 0. The zero-order valence-electron chi connectivity index (χ0n) is 10.7. The van der Waals surface area contributed by atoms with Crippen molar-refractivity contribution in [2.75, 3.05) is 27.2 Å². The van der Waals surface area contributed by atoms with Crippen molar-refractivity contribution in [2.45, 2.75) is 56.7 Å². The number of piperidine rings is 1. The molecule has 3 unspecified atom stereocenters. The third kappa shape index (κ3) is 2.96. The molecule has 3 nitrogen and oxygen atoms in total. The van der Waals surface area contributed by atoms with E-state index in [0.29, 0.717) is 12.1 Å². The van der Waals surface area contributed by atoms with E-state index >= 15 is 0 Å². The van der Waals surface area contributed by atoms with Gasteiger partial charge < -0.3 is 10.0 Å². The molecule has 1 heterocycles. The Kier molecular flexibility index (Phi) is 4.22. The van der Waals surface area contributed by atoms with Gasteiger partial charge in [-0.3, -0.25) is 4.90 Å². The summed E-state index contributed by atoms with van der Waals surface area (Å²) in [4.78, 5) is 4.97. The fourth-order valence-electron chi connectivity index (χ4n) is 3.28. The molecule has 1 saturated carbocycles. The van der Waals surface area contributed by atoms with Crippen LogP contribution in [0.25, 0.3) is 0 Å². The van der Waals surface area contributed by atoms with Gasteiger partial charge in [0.25, 0.3) is 0 Å². The first-order valence-electron chi connectivity index (χ1n) is 6.75. The molecule has 0 radical (unpaired) electrons. The van der Waals surface area contributed by atoms with E-state index in [1.165, 1.54) is 38.8 Å². The summed E-state index contributed by atoms with van der Waals surface area (Å²) in [6.45, 7) is 2.45. The van der Waals surface area contributed by atoms with Crippen LogP contribution in [-0.4, -0.2) is 60.3 Å². The van der Waals surface area contributed by atoms with Gasteiger partial charge in [-0.25, -0.2) is 0 Å². The van der Waals surface area contributed by atoms with Crippen molar-refractivity contribution in [1.82, 2.24) is 9.80 Å². The van der Waals surface area contributed by atoms with Crippen molar-refractivity contribution < 1.29 is 5.11 Å². The molecule has 2 aliphatic rings. The number of likely N-dealkylation sites (tertiary alicyclic amines) is 1. The second kappa shape index (κ2) is 5.48. The Hall–Kier alpha value is -0.120. The summed E-state index contributed by atoms with van der Waals surface area (Å²) in [6, 6.07) is 1.31. The second-order valence-corrected chi connectivity index (χ2v) is 5.70. The summed E-state index contributed by atoms with van der Waals surface area (Å²) in [6.07, 6.45) is 7.05. The van der Waals surface area contributed by atoms with Gasteiger partial charge in [-0.15, -0.1) is 0 Å². The van der Waals surface area contributed by atoms with Crippen LogP contribution in [0.3, 0.4) is 0 Å². The van der Waals surface area contributed by atoms with Gasteiger partial charge in [-0.2, -0.15) is 0 Å². The molecule has 94 valence electrons. The fraction of sp³-hybridized carbons (Fsp3) is 1.00. The number of likely N-dealkylation sites (N-methyl/N-ethyl adjacent to an activating group) is 2. The van der Waals surface area contributed by atoms with Crippen molar-refractivity contribution in [1.29, 1.82) is 0 Å².